The fourth-order valence-electron chi connectivity index (χ4n) is 2.29. The molecule has 2 rings (SSSR count). The number of hydrogen-bond acceptors (Lipinski definition) is 5. The molecule has 0 amide bonds. The highest BCUT2D eigenvalue weighted by Gasteiger charge is 2.18. The van der Waals surface area contributed by atoms with Crippen molar-refractivity contribution in [2.75, 3.05) is 7.11 Å². The molecular weight excluding hydrogens is 322 g/mol. The molecule has 0 saturated heterocycles. The third-order valence-electron chi connectivity index (χ3n) is 3.79. The minimum Gasteiger partial charge on any atom is -0.488 e. The number of nitrogens with zero attached hydrogens (tertiary/aromatic N) is 1. The van der Waals surface area contributed by atoms with E-state index in [9.17, 15) is 14.9 Å². The number of nitro benzene ring substituents is 1. The lowest BCUT2D eigenvalue weighted by Gasteiger charge is -2.19. The highest BCUT2D eigenvalue weighted by Crippen LogP contribution is 2.26. The van der Waals surface area contributed by atoms with Crippen LogP contribution in [0.25, 0.3) is 0 Å². The summed E-state index contributed by atoms with van der Waals surface area (Å²) in [5, 5.41) is 10.9. The monoisotopic (exact) mass is 343 g/mol. The van der Waals surface area contributed by atoms with Crippen molar-refractivity contribution in [3.63, 3.8) is 0 Å². The number of carbonyl (C=O) groups is 1. The molecule has 25 heavy (non-hydrogen) atoms. The summed E-state index contributed by atoms with van der Waals surface area (Å²) in [4.78, 5) is 22.2. The van der Waals surface area contributed by atoms with Gasteiger partial charge in [0.1, 0.15) is 17.9 Å². The highest BCUT2D eigenvalue weighted by atomic mass is 16.6. The van der Waals surface area contributed by atoms with E-state index in [1.165, 1.54) is 24.8 Å². The van der Waals surface area contributed by atoms with Gasteiger partial charge in [0.15, 0.2) is 0 Å². The van der Waals surface area contributed by atoms with Crippen molar-refractivity contribution in [1.82, 2.24) is 0 Å². The largest absolute Gasteiger partial charge is 0.488 e. The summed E-state index contributed by atoms with van der Waals surface area (Å²) in [6.45, 7) is 6.65. The topological polar surface area (TPSA) is 78.7 Å². The molecule has 0 radical (unpaired) electrons. The molecule has 0 aliphatic carbocycles. The first-order valence-corrected chi connectivity index (χ1v) is 7.81. The SMILES string of the molecule is COC(=O)c1cc([N+](=O)[O-])ccc1OCc1ccc(C(C)(C)C)cc1. The van der Waals surface area contributed by atoms with Gasteiger partial charge in [0, 0.05) is 12.1 Å². The zero-order valence-electron chi connectivity index (χ0n) is 14.7. The quantitative estimate of drug-likeness (QED) is 0.460. The molecule has 0 fully saturated rings. The second-order valence-electron chi connectivity index (χ2n) is 6.66. The summed E-state index contributed by atoms with van der Waals surface area (Å²) in [7, 11) is 1.22. The summed E-state index contributed by atoms with van der Waals surface area (Å²) in [5.41, 5.74) is 2.05. The van der Waals surface area contributed by atoms with Crippen molar-refractivity contribution in [1.29, 1.82) is 0 Å². The Morgan fingerprint density at radius 2 is 1.76 bits per heavy atom. The van der Waals surface area contributed by atoms with Crippen molar-refractivity contribution in [3.8, 4) is 5.75 Å². The van der Waals surface area contributed by atoms with Crippen LogP contribution in [0, 0.1) is 10.1 Å². The van der Waals surface area contributed by atoms with Crippen molar-refractivity contribution in [3.05, 3.63) is 69.3 Å². The molecule has 2 aromatic carbocycles. The van der Waals surface area contributed by atoms with Gasteiger partial charge in [-0.25, -0.2) is 4.79 Å². The highest BCUT2D eigenvalue weighted by molar-refractivity contribution is 5.93. The molecule has 0 N–H and O–H groups in total. The number of carbonyl (C=O) groups excluding carboxylic acids is 1. The first kappa shape index (κ1) is 18.4. The zero-order valence-corrected chi connectivity index (χ0v) is 14.7. The first-order chi connectivity index (χ1) is 11.7. The average molecular weight is 343 g/mol. The number of ether oxygens (including phenoxy) is 2. The predicted octanol–water partition coefficient (Wildman–Crippen LogP) is 4.26. The molecule has 2 aromatic rings. The van der Waals surface area contributed by atoms with E-state index in [4.69, 9.17) is 4.74 Å². The Morgan fingerprint density at radius 1 is 1.12 bits per heavy atom. The smallest absolute Gasteiger partial charge is 0.341 e. The number of benzene rings is 2. The Hall–Kier alpha value is -2.89. The molecule has 0 bridgehead atoms. The number of hydrogen-bond donors (Lipinski definition) is 0. The van der Waals surface area contributed by atoms with Gasteiger partial charge in [-0.3, -0.25) is 10.1 Å². The van der Waals surface area contributed by atoms with Crippen LogP contribution < -0.4 is 4.74 Å². The molecule has 0 spiro atoms. The molecular formula is C19H21NO5. The molecule has 6 heteroatoms. The van der Waals surface area contributed by atoms with Gasteiger partial charge in [-0.2, -0.15) is 0 Å². The Bertz CT molecular complexity index is 775. The molecule has 0 aliphatic heterocycles. The van der Waals surface area contributed by atoms with E-state index in [-0.39, 0.29) is 29.0 Å². The number of non-ortho nitro benzene ring substituents is 1. The molecule has 0 aromatic heterocycles. The van der Waals surface area contributed by atoms with Gasteiger partial charge in [-0.15, -0.1) is 0 Å². The summed E-state index contributed by atoms with van der Waals surface area (Å²) in [5.74, 6) is -0.431. The minimum absolute atomic E-state index is 0.0306. The van der Waals surface area contributed by atoms with Crippen LogP contribution in [0.4, 0.5) is 5.69 Å². The van der Waals surface area contributed by atoms with Crippen LogP contribution in [0.2, 0.25) is 0 Å². The molecule has 6 nitrogen and oxygen atoms in total. The summed E-state index contributed by atoms with van der Waals surface area (Å²) >= 11 is 0. The fraction of sp³-hybridized carbons (Fsp3) is 0.316. The maximum Gasteiger partial charge on any atom is 0.341 e. The fourth-order valence-corrected chi connectivity index (χ4v) is 2.29. The predicted molar refractivity (Wildman–Crippen MR) is 93.9 cm³/mol. The zero-order chi connectivity index (χ0) is 18.6. The van der Waals surface area contributed by atoms with Crippen LogP contribution in [0.1, 0.15) is 42.3 Å². The maximum atomic E-state index is 11.9. The first-order valence-electron chi connectivity index (χ1n) is 7.81. The normalized spacial score (nSPS) is 11.0. The van der Waals surface area contributed by atoms with E-state index in [1.54, 1.807) is 0 Å². The lowest BCUT2D eigenvalue weighted by atomic mass is 9.87. The van der Waals surface area contributed by atoms with Gasteiger partial charge in [-0.1, -0.05) is 45.0 Å². The Labute approximate surface area is 146 Å². The van der Waals surface area contributed by atoms with E-state index >= 15 is 0 Å². The van der Waals surface area contributed by atoms with Crippen molar-refractivity contribution in [2.45, 2.75) is 32.8 Å². The third kappa shape index (κ3) is 4.56. The van der Waals surface area contributed by atoms with E-state index in [1.807, 2.05) is 24.3 Å². The number of esters is 1. The summed E-state index contributed by atoms with van der Waals surface area (Å²) in [6, 6.07) is 11.9. The second kappa shape index (κ2) is 7.34. The molecule has 0 aliphatic rings. The van der Waals surface area contributed by atoms with Gasteiger partial charge in [0.2, 0.25) is 0 Å². The Balaban J connectivity index is 2.19. The number of methoxy groups -OCH3 is 1. The lowest BCUT2D eigenvalue weighted by Crippen LogP contribution is -2.11. The van der Waals surface area contributed by atoms with E-state index in [0.29, 0.717) is 0 Å². The van der Waals surface area contributed by atoms with Crippen molar-refractivity contribution < 1.29 is 19.2 Å². The Morgan fingerprint density at radius 3 is 2.28 bits per heavy atom. The van der Waals surface area contributed by atoms with Gasteiger partial charge >= 0.3 is 5.97 Å². The van der Waals surface area contributed by atoms with Crippen molar-refractivity contribution in [2.24, 2.45) is 0 Å². The molecule has 0 unspecified atom stereocenters. The minimum atomic E-state index is -0.679. The Kier molecular flexibility index (Phi) is 5.41. The van der Waals surface area contributed by atoms with Crippen molar-refractivity contribution >= 4 is 11.7 Å². The standard InChI is InChI=1S/C19H21NO5/c1-19(2,3)14-7-5-13(6-8-14)12-25-17-10-9-15(20(22)23)11-16(17)18(21)24-4/h5-11H,12H2,1-4H3. The van der Waals surface area contributed by atoms with Gasteiger partial charge in [-0.05, 0) is 22.6 Å². The van der Waals surface area contributed by atoms with E-state index in [2.05, 4.69) is 25.5 Å². The molecule has 0 atom stereocenters. The van der Waals surface area contributed by atoms with E-state index < -0.39 is 10.9 Å². The van der Waals surface area contributed by atoms with Gasteiger partial charge < -0.3 is 9.47 Å². The van der Waals surface area contributed by atoms with Crippen LogP contribution in [-0.2, 0) is 16.8 Å². The lowest BCUT2D eigenvalue weighted by molar-refractivity contribution is -0.384. The van der Waals surface area contributed by atoms with Crippen LogP contribution in [-0.4, -0.2) is 18.0 Å². The van der Waals surface area contributed by atoms with Gasteiger partial charge in [0.25, 0.3) is 5.69 Å². The second-order valence-corrected chi connectivity index (χ2v) is 6.66. The average Bonchev–Trinajstić information content (AvgIpc) is 2.58. The van der Waals surface area contributed by atoms with Crippen LogP contribution >= 0.6 is 0 Å². The molecule has 132 valence electrons. The third-order valence-corrected chi connectivity index (χ3v) is 3.79. The van der Waals surface area contributed by atoms with Crippen LogP contribution in [0.15, 0.2) is 42.5 Å². The van der Waals surface area contributed by atoms with Gasteiger partial charge in [0.05, 0.1) is 12.0 Å². The van der Waals surface area contributed by atoms with Crippen LogP contribution in [0.3, 0.4) is 0 Å². The summed E-state index contributed by atoms with van der Waals surface area (Å²) < 4.78 is 10.4. The van der Waals surface area contributed by atoms with Crippen LogP contribution in [0.5, 0.6) is 5.75 Å². The maximum absolute atomic E-state index is 11.9. The number of rotatable bonds is 5. The molecule has 0 saturated carbocycles. The molecule has 0 heterocycles. The summed E-state index contributed by atoms with van der Waals surface area (Å²) in [6.07, 6.45) is 0. The number of nitro groups is 1. The van der Waals surface area contributed by atoms with E-state index in [0.717, 1.165) is 11.6 Å².